The zero-order valence-corrected chi connectivity index (χ0v) is 10.6. The number of ether oxygens (including phenoxy) is 1. The Bertz CT molecular complexity index is 287. The van der Waals surface area contributed by atoms with E-state index < -0.39 is 10.8 Å². The Labute approximate surface area is 99.8 Å². The van der Waals surface area contributed by atoms with Gasteiger partial charge >= 0.3 is 0 Å². The second kappa shape index (κ2) is 4.39. The van der Waals surface area contributed by atoms with Crippen LogP contribution in [0.4, 0.5) is 0 Å². The van der Waals surface area contributed by atoms with E-state index in [1.165, 1.54) is 19.3 Å². The summed E-state index contributed by atoms with van der Waals surface area (Å²) in [6.07, 6.45) is 5.76. The molecule has 1 saturated carbocycles. The van der Waals surface area contributed by atoms with Crippen LogP contribution < -0.4 is 5.32 Å². The molecule has 1 N–H and O–H groups in total. The molecule has 3 fully saturated rings. The van der Waals surface area contributed by atoms with Gasteiger partial charge in [-0.15, -0.1) is 0 Å². The van der Waals surface area contributed by atoms with Gasteiger partial charge in [-0.05, 0) is 38.0 Å². The summed E-state index contributed by atoms with van der Waals surface area (Å²) < 4.78 is 18.1. The molecule has 16 heavy (non-hydrogen) atoms. The van der Waals surface area contributed by atoms with Gasteiger partial charge in [-0.25, -0.2) is 0 Å². The van der Waals surface area contributed by atoms with Gasteiger partial charge in [-0.3, -0.25) is 4.21 Å². The zero-order chi connectivity index (χ0) is 11.0. The molecule has 3 aliphatic rings. The summed E-state index contributed by atoms with van der Waals surface area (Å²) in [5.41, 5.74) is 0.149. The van der Waals surface area contributed by atoms with Gasteiger partial charge in [0.1, 0.15) is 0 Å². The van der Waals surface area contributed by atoms with Crippen molar-refractivity contribution < 1.29 is 8.95 Å². The lowest BCUT2D eigenvalue weighted by Crippen LogP contribution is -2.50. The molecule has 0 radical (unpaired) electrons. The van der Waals surface area contributed by atoms with E-state index in [-0.39, 0.29) is 5.60 Å². The predicted molar refractivity (Wildman–Crippen MR) is 64.9 cm³/mol. The highest BCUT2D eigenvalue weighted by Crippen LogP contribution is 2.43. The number of rotatable bonds is 3. The maximum absolute atomic E-state index is 12.3. The molecule has 2 aliphatic heterocycles. The van der Waals surface area contributed by atoms with Crippen LogP contribution in [0.5, 0.6) is 0 Å². The molecule has 92 valence electrons. The smallest absolute Gasteiger partial charge is 0.0694 e. The topological polar surface area (TPSA) is 38.3 Å². The Hall–Kier alpha value is 0.0700. The Balaban J connectivity index is 1.54. The summed E-state index contributed by atoms with van der Waals surface area (Å²) in [4.78, 5) is 0. The first-order valence-electron chi connectivity index (χ1n) is 6.49. The molecule has 1 aliphatic carbocycles. The van der Waals surface area contributed by atoms with E-state index in [0.29, 0.717) is 11.2 Å². The van der Waals surface area contributed by atoms with Crippen molar-refractivity contribution in [3.8, 4) is 0 Å². The van der Waals surface area contributed by atoms with Crippen LogP contribution in [0.25, 0.3) is 0 Å². The van der Waals surface area contributed by atoms with Crippen molar-refractivity contribution in [3.05, 3.63) is 0 Å². The normalized spacial score (nSPS) is 35.4. The highest BCUT2D eigenvalue weighted by atomic mass is 32.2. The lowest BCUT2D eigenvalue weighted by Gasteiger charge is -2.47. The van der Waals surface area contributed by atoms with E-state index in [1.807, 2.05) is 0 Å². The maximum Gasteiger partial charge on any atom is 0.0694 e. The summed E-state index contributed by atoms with van der Waals surface area (Å²) >= 11 is 0. The summed E-state index contributed by atoms with van der Waals surface area (Å²) in [6.45, 7) is 2.97. The molecule has 3 rings (SSSR count). The third-order valence-corrected chi connectivity index (χ3v) is 6.30. The third kappa shape index (κ3) is 2.07. The average Bonchev–Trinajstić information content (AvgIpc) is 2.21. The van der Waals surface area contributed by atoms with Gasteiger partial charge in [0.25, 0.3) is 0 Å². The molecule has 0 bridgehead atoms. The number of hydrogen-bond acceptors (Lipinski definition) is 3. The lowest BCUT2D eigenvalue weighted by atomic mass is 9.75. The SMILES string of the molecule is O=S(CC1CNC1)C1CCOC2(CCC2)C1. The van der Waals surface area contributed by atoms with E-state index in [1.54, 1.807) is 0 Å². The molecular formula is C12H21NO2S. The van der Waals surface area contributed by atoms with Gasteiger partial charge in [0.05, 0.1) is 5.60 Å². The maximum atomic E-state index is 12.3. The molecular weight excluding hydrogens is 222 g/mol. The summed E-state index contributed by atoms with van der Waals surface area (Å²) in [6, 6.07) is 0. The molecule has 3 nitrogen and oxygen atoms in total. The molecule has 2 atom stereocenters. The van der Waals surface area contributed by atoms with Crippen LogP contribution in [0, 0.1) is 5.92 Å². The van der Waals surface area contributed by atoms with Gasteiger partial charge in [-0.2, -0.15) is 0 Å². The van der Waals surface area contributed by atoms with Crippen molar-refractivity contribution >= 4 is 10.8 Å². The predicted octanol–water partition coefficient (Wildman–Crippen LogP) is 1.06. The van der Waals surface area contributed by atoms with Gasteiger partial charge in [0, 0.05) is 41.5 Å². The monoisotopic (exact) mass is 243 g/mol. The van der Waals surface area contributed by atoms with Crippen LogP contribution in [0.2, 0.25) is 0 Å². The molecule has 0 amide bonds. The molecule has 0 aromatic carbocycles. The molecule has 0 aromatic heterocycles. The largest absolute Gasteiger partial charge is 0.375 e. The number of nitrogens with one attached hydrogen (secondary N) is 1. The Morgan fingerprint density at radius 3 is 2.75 bits per heavy atom. The van der Waals surface area contributed by atoms with Gasteiger partial charge in [0.2, 0.25) is 0 Å². The van der Waals surface area contributed by atoms with E-state index in [2.05, 4.69) is 5.32 Å². The third-order valence-electron chi connectivity index (χ3n) is 4.35. The standard InChI is InChI=1S/C12H21NO2S/c14-16(9-10-7-13-8-10)11-2-5-15-12(6-11)3-1-4-12/h10-11,13H,1-9H2. The van der Waals surface area contributed by atoms with Crippen molar-refractivity contribution in [2.24, 2.45) is 5.92 Å². The Morgan fingerprint density at radius 2 is 2.19 bits per heavy atom. The van der Waals surface area contributed by atoms with Crippen LogP contribution in [0.15, 0.2) is 0 Å². The second-order valence-corrected chi connectivity index (χ2v) is 7.33. The zero-order valence-electron chi connectivity index (χ0n) is 9.74. The molecule has 1 spiro atoms. The Morgan fingerprint density at radius 1 is 1.38 bits per heavy atom. The molecule has 2 saturated heterocycles. The van der Waals surface area contributed by atoms with Crippen molar-refractivity contribution in [3.63, 3.8) is 0 Å². The van der Waals surface area contributed by atoms with Crippen molar-refractivity contribution in [1.29, 1.82) is 0 Å². The first-order valence-corrected chi connectivity index (χ1v) is 7.87. The highest BCUT2D eigenvalue weighted by molar-refractivity contribution is 7.85. The van der Waals surface area contributed by atoms with Crippen molar-refractivity contribution in [2.45, 2.75) is 43.0 Å². The first-order chi connectivity index (χ1) is 7.77. The lowest BCUT2D eigenvalue weighted by molar-refractivity contribution is -0.125. The van der Waals surface area contributed by atoms with E-state index in [4.69, 9.17) is 4.74 Å². The average molecular weight is 243 g/mol. The fraction of sp³-hybridized carbons (Fsp3) is 1.00. The van der Waals surface area contributed by atoms with Crippen LogP contribution in [-0.2, 0) is 15.5 Å². The summed E-state index contributed by atoms with van der Waals surface area (Å²) in [5, 5.41) is 3.66. The molecule has 0 aromatic rings. The molecule has 2 unspecified atom stereocenters. The second-order valence-electron chi connectivity index (χ2n) is 5.57. The van der Waals surface area contributed by atoms with Crippen LogP contribution in [-0.4, -0.2) is 40.5 Å². The summed E-state index contributed by atoms with van der Waals surface area (Å²) in [5.74, 6) is 1.58. The van der Waals surface area contributed by atoms with Gasteiger partial charge < -0.3 is 10.1 Å². The van der Waals surface area contributed by atoms with Crippen LogP contribution in [0.1, 0.15) is 32.1 Å². The van der Waals surface area contributed by atoms with E-state index in [0.717, 1.165) is 38.3 Å². The van der Waals surface area contributed by atoms with Gasteiger partial charge in [0.15, 0.2) is 0 Å². The highest BCUT2D eigenvalue weighted by Gasteiger charge is 2.44. The molecule has 4 heteroatoms. The first kappa shape index (κ1) is 11.2. The van der Waals surface area contributed by atoms with Crippen molar-refractivity contribution in [1.82, 2.24) is 5.32 Å². The minimum Gasteiger partial charge on any atom is -0.375 e. The fourth-order valence-corrected chi connectivity index (χ4v) is 4.78. The Kier molecular flexibility index (Phi) is 3.07. The van der Waals surface area contributed by atoms with Crippen LogP contribution >= 0.6 is 0 Å². The minimum atomic E-state index is -0.619. The van der Waals surface area contributed by atoms with E-state index in [9.17, 15) is 4.21 Å². The van der Waals surface area contributed by atoms with E-state index >= 15 is 0 Å². The molecule has 2 heterocycles. The number of hydrogen-bond donors (Lipinski definition) is 1. The quantitative estimate of drug-likeness (QED) is 0.805. The summed E-state index contributed by atoms with van der Waals surface area (Å²) in [7, 11) is -0.619. The van der Waals surface area contributed by atoms with Gasteiger partial charge in [-0.1, -0.05) is 0 Å². The van der Waals surface area contributed by atoms with Crippen molar-refractivity contribution in [2.75, 3.05) is 25.4 Å². The minimum absolute atomic E-state index is 0.149. The fourth-order valence-electron chi connectivity index (χ4n) is 2.96. The van der Waals surface area contributed by atoms with Crippen LogP contribution in [0.3, 0.4) is 0 Å².